The Labute approximate surface area is 571 Å². The molecular weight excluding hydrogens is 1310 g/mol. The van der Waals surface area contributed by atoms with Crippen molar-refractivity contribution < 1.29 is 71.7 Å². The number of hydrogen-bond donors (Lipinski definition) is 12. The number of nitrogens with one attached hydrogen (secondary N) is 9. The van der Waals surface area contributed by atoms with E-state index in [0.29, 0.717) is 68.8 Å². The van der Waals surface area contributed by atoms with Crippen LogP contribution in [0.4, 0.5) is 8.78 Å². The fourth-order valence-electron chi connectivity index (χ4n) is 12.1. The zero-order valence-corrected chi connectivity index (χ0v) is 55.3. The molecule has 29 heteroatoms. The third-order valence-corrected chi connectivity index (χ3v) is 19.4. The van der Waals surface area contributed by atoms with E-state index in [1.54, 1.807) is 19.1 Å². The second-order valence-corrected chi connectivity index (χ2v) is 26.6. The van der Waals surface area contributed by atoms with Gasteiger partial charge in [0.1, 0.15) is 53.6 Å². The molecule has 4 heterocycles. The van der Waals surface area contributed by atoms with Crippen LogP contribution in [0, 0.1) is 17.6 Å². The minimum atomic E-state index is -2.01. The van der Waals surface area contributed by atoms with Gasteiger partial charge in [-0.05, 0) is 107 Å². The van der Waals surface area contributed by atoms with Crippen molar-refractivity contribution >= 4 is 105 Å². The molecular formula is C69H78F2N12O13S2. The molecule has 9 rings (SSSR count). The van der Waals surface area contributed by atoms with Crippen molar-refractivity contribution in [3.8, 4) is 5.75 Å². The molecule has 2 bridgehead atoms. The molecule has 4 aromatic carbocycles. The zero-order chi connectivity index (χ0) is 70.0. The number of nitrogens with two attached hydrogens (primary N) is 1. The molecule has 98 heavy (non-hydrogen) atoms. The summed E-state index contributed by atoms with van der Waals surface area (Å²) in [5, 5.41) is 39.1. The number of aromatic amines is 2. The number of carbonyl (C=O) groups is 11. The van der Waals surface area contributed by atoms with Crippen LogP contribution in [-0.2, 0) is 89.9 Å². The number of phenolic OH excluding ortho intramolecular Hbond substituents is 1. The number of fused-ring (bicyclic) bond motifs is 5. The van der Waals surface area contributed by atoms with Gasteiger partial charge in [0.15, 0.2) is 5.78 Å². The van der Waals surface area contributed by atoms with Crippen LogP contribution in [0.2, 0.25) is 0 Å². The lowest BCUT2D eigenvalue weighted by Crippen LogP contribution is -2.60. The number of aromatic hydroxyl groups is 1. The number of phenols is 1. The Bertz CT molecular complexity index is 3960. The number of hydrogen-bond acceptors (Lipinski definition) is 15. The fraction of sp³-hybridized carbons (Fsp3) is 0.391. The number of benzene rings is 4. The van der Waals surface area contributed by atoms with Crippen LogP contribution in [-0.4, -0.2) is 162 Å². The van der Waals surface area contributed by atoms with Crippen molar-refractivity contribution in [1.82, 2.24) is 57.1 Å². The number of carboxylic acid groups (broad SMARTS) is 1. The van der Waals surface area contributed by atoms with E-state index in [1.165, 1.54) is 102 Å². The maximum absolute atomic E-state index is 15.0. The van der Waals surface area contributed by atoms with Crippen LogP contribution < -0.4 is 43.0 Å². The molecule has 2 aliphatic heterocycles. The zero-order valence-electron chi connectivity index (χ0n) is 53.7. The van der Waals surface area contributed by atoms with Gasteiger partial charge in [-0.25, -0.2) is 13.8 Å². The number of carboxylic acids is 1. The highest BCUT2D eigenvalue weighted by Crippen LogP contribution is 2.32. The first-order chi connectivity index (χ1) is 47.1. The summed E-state index contributed by atoms with van der Waals surface area (Å²) in [6.45, 7) is 1.18. The van der Waals surface area contributed by atoms with Gasteiger partial charge >= 0.3 is 5.97 Å². The van der Waals surface area contributed by atoms with Gasteiger partial charge in [0.05, 0.1) is 31.3 Å². The molecule has 1 saturated heterocycles. The van der Waals surface area contributed by atoms with Gasteiger partial charge in [-0.2, -0.15) is 23.5 Å². The monoisotopic (exact) mass is 1380 g/mol. The Kier molecular flexibility index (Phi) is 25.4. The van der Waals surface area contributed by atoms with Gasteiger partial charge in [-0.1, -0.05) is 61.9 Å². The Morgan fingerprint density at radius 3 is 2.07 bits per heavy atom. The summed E-state index contributed by atoms with van der Waals surface area (Å²) in [5.41, 5.74) is 10.7. The van der Waals surface area contributed by atoms with E-state index in [1.807, 2.05) is 24.3 Å². The highest BCUT2D eigenvalue weighted by molar-refractivity contribution is 7.98. The van der Waals surface area contributed by atoms with Crippen molar-refractivity contribution in [1.29, 1.82) is 0 Å². The van der Waals surface area contributed by atoms with Gasteiger partial charge < -0.3 is 68.0 Å². The van der Waals surface area contributed by atoms with Crippen LogP contribution in [0.5, 0.6) is 5.75 Å². The lowest BCUT2D eigenvalue weighted by molar-refractivity contribution is -0.142. The Balaban J connectivity index is 1.04. The van der Waals surface area contributed by atoms with Gasteiger partial charge in [-0.3, -0.25) is 52.7 Å². The van der Waals surface area contributed by atoms with E-state index in [4.69, 9.17) is 5.73 Å². The first-order valence-corrected chi connectivity index (χ1v) is 34.5. The molecule has 1 aliphatic carbocycles. The van der Waals surface area contributed by atoms with Crippen LogP contribution >= 0.6 is 23.5 Å². The molecule has 0 saturated carbocycles. The van der Waals surface area contributed by atoms with Gasteiger partial charge in [0.2, 0.25) is 53.2 Å². The van der Waals surface area contributed by atoms with Crippen LogP contribution in [0.15, 0.2) is 110 Å². The molecule has 9 amide bonds. The number of H-pyrrole nitrogens is 2. The van der Waals surface area contributed by atoms with E-state index in [0.717, 1.165) is 11.1 Å². The number of rotatable bonds is 13. The number of Topliss-reactive ketones (excluding diaryl/α,β-unsaturated/α-hetero) is 1. The lowest BCUT2D eigenvalue weighted by atomic mass is 9.97. The molecule has 13 N–H and O–H groups in total. The molecule has 1 fully saturated rings. The summed E-state index contributed by atoms with van der Waals surface area (Å²) in [6.07, 6.45) is 4.70. The summed E-state index contributed by atoms with van der Waals surface area (Å²) < 4.78 is 29.8. The van der Waals surface area contributed by atoms with Gasteiger partial charge in [-0.15, -0.1) is 0 Å². The second-order valence-electron chi connectivity index (χ2n) is 24.5. The first-order valence-electron chi connectivity index (χ1n) is 32.2. The van der Waals surface area contributed by atoms with Gasteiger partial charge in [0, 0.05) is 97.1 Å². The number of allylic oxidation sites excluding steroid dienone is 1. The Morgan fingerprint density at radius 2 is 1.37 bits per heavy atom. The Hall–Kier alpha value is -9.90. The molecule has 0 radical (unpaired) electrons. The molecule has 25 nitrogen and oxygen atoms in total. The highest BCUT2D eigenvalue weighted by atomic mass is 32.2. The van der Waals surface area contributed by atoms with Crippen molar-refractivity contribution in [2.24, 2.45) is 11.7 Å². The quantitative estimate of drug-likeness (QED) is 0.0781. The number of imidazole rings is 1. The minimum absolute atomic E-state index is 0.0416. The lowest BCUT2D eigenvalue weighted by Gasteiger charge is -2.30. The number of halogens is 2. The summed E-state index contributed by atoms with van der Waals surface area (Å²) >= 11 is 2.88. The number of ketones is 1. The molecule has 0 spiro atoms. The van der Waals surface area contributed by atoms with Crippen molar-refractivity contribution in [2.45, 2.75) is 138 Å². The van der Waals surface area contributed by atoms with Gasteiger partial charge in [0.25, 0.3) is 0 Å². The number of carbonyl (C=O) groups excluding carboxylic acids is 10. The largest absolute Gasteiger partial charge is 0.508 e. The molecule has 0 unspecified atom stereocenters. The maximum atomic E-state index is 15.0. The standard InChI is InChI=1S/C69H78F2N12O13S2/c1-2-5-52-64(91)75-33-61(87)78-53(25-43-31-74-51-18-15-46(71)28-50(43)51)65(92)79-54(24-42-12-11-41-13-14-45(70)27-49(41)42)66(93)81-56(30-62(88)89)68(95)80-55(29-47-32-73-37-76-47)67(94)82-57(23-38-9-16-48(84)17-10-38)69(96)83-20-4-8-58(83)59(85)26-44(63(72)90)36-98-35-40-7-3-6-39(22-40)34-97-21-19-60(86)77-52/h3,6-7,9-10,12-18,22,27-28,31-32,37,44,52-58,74,84H,2,4-5,8,11,19-21,23-26,29-30,33-36H2,1H3,(H2,72,90)(H,73,76)(H,75,91)(H,77,86)(H,78,87)(H,79,92)(H,80,95)(H,81,93)(H,82,94)(H,88,89)/t44-,52-,53-,54-,55-,56-,57-,58-/m0/s1. The SMILES string of the molecule is CCC[C@@H]1NC(=O)CCSCc2cccc(c2)CSC[C@@H](C(N)=O)CC(=O)[C@@H]2CCCN2C(=O)[C@H](Cc2ccc(O)cc2)NC(=O)[C@H](Cc2cnc[nH]2)NC(=O)[C@H](CC(=O)O)NC(=O)[C@H](CC2=CCc3ccc(F)cc32)NC(=O)[C@H](Cc2c[nH]c3ccc(F)cc23)NC(=O)CNC1=O. The smallest absolute Gasteiger partial charge is 0.305 e. The third kappa shape index (κ3) is 20.1. The van der Waals surface area contributed by atoms with E-state index in [2.05, 4.69) is 52.2 Å². The van der Waals surface area contributed by atoms with E-state index < -0.39 is 144 Å². The minimum Gasteiger partial charge on any atom is -0.508 e. The summed E-state index contributed by atoms with van der Waals surface area (Å²) in [5.74, 6) is -10.6. The van der Waals surface area contributed by atoms with Crippen molar-refractivity contribution in [2.75, 3.05) is 24.6 Å². The summed E-state index contributed by atoms with van der Waals surface area (Å²) in [7, 11) is 0. The van der Waals surface area contributed by atoms with Crippen LogP contribution in [0.1, 0.15) is 97.4 Å². The molecule has 3 aliphatic rings. The average Bonchev–Trinajstić information content (AvgIpc) is 1.62. The molecule has 6 aromatic rings. The first kappa shape index (κ1) is 72.4. The number of primary amides is 1. The molecule has 8 atom stereocenters. The molecule has 2 aromatic heterocycles. The summed E-state index contributed by atoms with van der Waals surface area (Å²) in [6, 6.07) is 10.8. The normalized spacial score (nSPS) is 22.8. The molecule has 518 valence electrons. The number of aromatic nitrogens is 3. The number of aliphatic carboxylic acids is 1. The Morgan fingerprint density at radius 1 is 0.704 bits per heavy atom. The van der Waals surface area contributed by atoms with Crippen LogP contribution in [0.25, 0.3) is 16.5 Å². The topological polar surface area (TPSA) is 386 Å². The van der Waals surface area contributed by atoms with E-state index in [9.17, 15) is 57.4 Å². The predicted octanol–water partition coefficient (Wildman–Crippen LogP) is 3.85. The summed E-state index contributed by atoms with van der Waals surface area (Å²) in [4.78, 5) is 167. The number of thioether (sulfide) groups is 2. The average molecular weight is 1390 g/mol. The van der Waals surface area contributed by atoms with Crippen molar-refractivity contribution in [3.05, 3.63) is 160 Å². The number of amides is 9. The third-order valence-electron chi connectivity index (χ3n) is 17.2. The fourth-order valence-corrected chi connectivity index (χ4v) is 14.1. The predicted molar refractivity (Wildman–Crippen MR) is 361 cm³/mol. The van der Waals surface area contributed by atoms with Crippen molar-refractivity contribution in [3.63, 3.8) is 0 Å². The number of nitrogens with zero attached hydrogens (tertiary/aromatic N) is 2. The maximum Gasteiger partial charge on any atom is 0.305 e. The van der Waals surface area contributed by atoms with Crippen LogP contribution in [0.3, 0.4) is 0 Å². The van der Waals surface area contributed by atoms with E-state index >= 15 is 14.4 Å². The second kappa shape index (κ2) is 34.4. The highest BCUT2D eigenvalue weighted by Gasteiger charge is 2.41. The van der Waals surface area contributed by atoms with E-state index in [-0.39, 0.29) is 75.1 Å².